The maximum Gasteiger partial charge on any atom is 0.0696 e. The molecule has 2 unspecified atom stereocenters. The molecule has 0 bridgehead atoms. The van der Waals surface area contributed by atoms with Crippen LogP contribution in [-0.2, 0) is 6.61 Å². The molecule has 2 atom stereocenters. The molecule has 1 N–H and O–H groups in total. The van der Waals surface area contributed by atoms with Crippen LogP contribution in [0.3, 0.4) is 0 Å². The monoisotopic (exact) mass is 253 g/mol. The molecule has 17 heavy (non-hydrogen) atoms. The first kappa shape index (κ1) is 12.7. The van der Waals surface area contributed by atoms with Crippen molar-refractivity contribution >= 4 is 17.3 Å². The fourth-order valence-corrected chi connectivity index (χ4v) is 2.78. The van der Waals surface area contributed by atoms with Crippen LogP contribution in [0.5, 0.6) is 0 Å². The SMILES string of the molecule is CC1CCCN(c2ccc(CO)c(Cl)c2)C1C. The lowest BCUT2D eigenvalue weighted by molar-refractivity contribution is 0.282. The molecule has 1 heterocycles. The van der Waals surface area contributed by atoms with E-state index in [0.29, 0.717) is 11.1 Å². The molecule has 0 aromatic heterocycles. The summed E-state index contributed by atoms with van der Waals surface area (Å²) in [4.78, 5) is 2.42. The Morgan fingerprint density at radius 2 is 2.18 bits per heavy atom. The van der Waals surface area contributed by atoms with Gasteiger partial charge in [0.05, 0.1) is 6.61 Å². The number of benzene rings is 1. The quantitative estimate of drug-likeness (QED) is 0.873. The normalized spacial score (nSPS) is 25.1. The van der Waals surface area contributed by atoms with Crippen molar-refractivity contribution in [3.8, 4) is 0 Å². The predicted octanol–water partition coefficient (Wildman–Crippen LogP) is 3.46. The van der Waals surface area contributed by atoms with Gasteiger partial charge in [0.25, 0.3) is 0 Å². The zero-order chi connectivity index (χ0) is 12.4. The highest BCUT2D eigenvalue weighted by atomic mass is 35.5. The third-order valence-corrected chi connectivity index (χ3v) is 4.26. The molecule has 0 radical (unpaired) electrons. The lowest BCUT2D eigenvalue weighted by Gasteiger charge is -2.39. The molecule has 2 nitrogen and oxygen atoms in total. The Labute approximate surface area is 108 Å². The van der Waals surface area contributed by atoms with E-state index in [1.54, 1.807) is 0 Å². The number of hydrogen-bond donors (Lipinski definition) is 1. The van der Waals surface area contributed by atoms with Crippen LogP contribution in [0.15, 0.2) is 18.2 Å². The molecule has 0 amide bonds. The van der Waals surface area contributed by atoms with Crippen molar-refractivity contribution in [2.24, 2.45) is 5.92 Å². The molecular weight excluding hydrogens is 234 g/mol. The minimum atomic E-state index is 0.00503. The van der Waals surface area contributed by atoms with Crippen molar-refractivity contribution in [2.45, 2.75) is 39.3 Å². The molecule has 3 heteroatoms. The Kier molecular flexibility index (Phi) is 3.95. The van der Waals surface area contributed by atoms with Gasteiger partial charge in [0.2, 0.25) is 0 Å². The molecule has 1 aliphatic heterocycles. The second-order valence-corrected chi connectivity index (χ2v) is 5.39. The fraction of sp³-hybridized carbons (Fsp3) is 0.571. The van der Waals surface area contributed by atoms with E-state index in [4.69, 9.17) is 16.7 Å². The third-order valence-electron chi connectivity index (χ3n) is 3.91. The Balaban J connectivity index is 2.24. The highest BCUT2D eigenvalue weighted by molar-refractivity contribution is 6.31. The summed E-state index contributed by atoms with van der Waals surface area (Å²) >= 11 is 6.15. The van der Waals surface area contributed by atoms with E-state index in [1.807, 2.05) is 12.1 Å². The van der Waals surface area contributed by atoms with Gasteiger partial charge in [-0.05, 0) is 43.4 Å². The standard InChI is InChI=1S/C14H20ClNO/c1-10-4-3-7-16(11(10)2)13-6-5-12(9-17)14(15)8-13/h5-6,8,10-11,17H,3-4,7,9H2,1-2H3. The number of rotatable bonds is 2. The van der Waals surface area contributed by atoms with E-state index in [0.717, 1.165) is 18.0 Å². The summed E-state index contributed by atoms with van der Waals surface area (Å²) in [5.41, 5.74) is 1.97. The number of aliphatic hydroxyl groups is 1. The molecule has 1 aromatic carbocycles. The summed E-state index contributed by atoms with van der Waals surface area (Å²) in [6.45, 7) is 5.68. The van der Waals surface area contributed by atoms with Gasteiger partial charge in [-0.25, -0.2) is 0 Å². The Morgan fingerprint density at radius 3 is 2.82 bits per heavy atom. The average molecular weight is 254 g/mol. The predicted molar refractivity (Wildman–Crippen MR) is 72.6 cm³/mol. The van der Waals surface area contributed by atoms with Crippen molar-refractivity contribution in [3.63, 3.8) is 0 Å². The number of hydrogen-bond acceptors (Lipinski definition) is 2. The van der Waals surface area contributed by atoms with Crippen LogP contribution >= 0.6 is 11.6 Å². The van der Waals surface area contributed by atoms with Crippen LogP contribution in [0.25, 0.3) is 0 Å². The lowest BCUT2D eigenvalue weighted by Crippen LogP contribution is -2.42. The van der Waals surface area contributed by atoms with Gasteiger partial charge >= 0.3 is 0 Å². The molecule has 1 saturated heterocycles. The minimum absolute atomic E-state index is 0.00503. The summed E-state index contributed by atoms with van der Waals surface area (Å²) in [6.07, 6.45) is 2.55. The summed E-state index contributed by atoms with van der Waals surface area (Å²) in [7, 11) is 0. The molecular formula is C14H20ClNO. The Hall–Kier alpha value is -0.730. The van der Waals surface area contributed by atoms with E-state index < -0.39 is 0 Å². The zero-order valence-electron chi connectivity index (χ0n) is 10.5. The number of piperidine rings is 1. The number of halogens is 1. The maximum atomic E-state index is 9.12. The largest absolute Gasteiger partial charge is 0.392 e. The summed E-state index contributed by atoms with van der Waals surface area (Å²) in [5.74, 6) is 0.722. The molecule has 0 aliphatic carbocycles. The first-order valence-corrected chi connectivity index (χ1v) is 6.67. The van der Waals surface area contributed by atoms with Crippen LogP contribution in [-0.4, -0.2) is 17.7 Å². The van der Waals surface area contributed by atoms with Crippen LogP contribution in [0.2, 0.25) is 5.02 Å². The van der Waals surface area contributed by atoms with E-state index in [2.05, 4.69) is 24.8 Å². The van der Waals surface area contributed by atoms with Gasteiger partial charge in [0.15, 0.2) is 0 Å². The van der Waals surface area contributed by atoms with Crippen LogP contribution in [0.1, 0.15) is 32.3 Å². The summed E-state index contributed by atoms with van der Waals surface area (Å²) in [5, 5.41) is 9.78. The molecule has 1 aliphatic rings. The van der Waals surface area contributed by atoms with E-state index >= 15 is 0 Å². The highest BCUT2D eigenvalue weighted by Crippen LogP contribution is 2.31. The van der Waals surface area contributed by atoms with Crippen molar-refractivity contribution in [3.05, 3.63) is 28.8 Å². The van der Waals surface area contributed by atoms with Crippen molar-refractivity contribution in [2.75, 3.05) is 11.4 Å². The van der Waals surface area contributed by atoms with Gasteiger partial charge in [-0.15, -0.1) is 0 Å². The molecule has 94 valence electrons. The fourth-order valence-electron chi connectivity index (χ4n) is 2.54. The summed E-state index contributed by atoms with van der Waals surface area (Å²) < 4.78 is 0. The maximum absolute atomic E-state index is 9.12. The van der Waals surface area contributed by atoms with Crippen LogP contribution in [0, 0.1) is 5.92 Å². The third kappa shape index (κ3) is 2.58. The number of aliphatic hydroxyl groups excluding tert-OH is 1. The summed E-state index contributed by atoms with van der Waals surface area (Å²) in [6, 6.07) is 6.51. The first-order chi connectivity index (χ1) is 8.13. The highest BCUT2D eigenvalue weighted by Gasteiger charge is 2.24. The molecule has 1 fully saturated rings. The van der Waals surface area contributed by atoms with Gasteiger partial charge in [-0.2, -0.15) is 0 Å². The van der Waals surface area contributed by atoms with Crippen LogP contribution in [0.4, 0.5) is 5.69 Å². The Morgan fingerprint density at radius 1 is 1.41 bits per heavy atom. The topological polar surface area (TPSA) is 23.5 Å². The van der Waals surface area contributed by atoms with Crippen molar-refractivity contribution in [1.82, 2.24) is 0 Å². The van der Waals surface area contributed by atoms with E-state index in [1.165, 1.54) is 18.5 Å². The Bertz CT molecular complexity index is 394. The second kappa shape index (κ2) is 5.28. The van der Waals surface area contributed by atoms with Crippen molar-refractivity contribution in [1.29, 1.82) is 0 Å². The van der Waals surface area contributed by atoms with Crippen LogP contribution < -0.4 is 4.90 Å². The lowest BCUT2D eigenvalue weighted by atomic mass is 9.91. The molecule has 0 saturated carbocycles. The van der Waals surface area contributed by atoms with Gasteiger partial charge in [-0.1, -0.05) is 24.6 Å². The zero-order valence-corrected chi connectivity index (χ0v) is 11.2. The molecule has 0 spiro atoms. The van der Waals surface area contributed by atoms with Gasteiger partial charge in [-0.3, -0.25) is 0 Å². The number of anilines is 1. The van der Waals surface area contributed by atoms with E-state index in [9.17, 15) is 0 Å². The average Bonchev–Trinajstić information content (AvgIpc) is 2.32. The first-order valence-electron chi connectivity index (χ1n) is 6.29. The smallest absolute Gasteiger partial charge is 0.0696 e. The molecule has 1 aromatic rings. The number of nitrogens with zero attached hydrogens (tertiary/aromatic N) is 1. The molecule has 2 rings (SSSR count). The van der Waals surface area contributed by atoms with Gasteiger partial charge < -0.3 is 10.0 Å². The minimum Gasteiger partial charge on any atom is -0.392 e. The van der Waals surface area contributed by atoms with E-state index in [-0.39, 0.29) is 6.61 Å². The van der Waals surface area contributed by atoms with Gasteiger partial charge in [0.1, 0.15) is 0 Å². The van der Waals surface area contributed by atoms with Crippen molar-refractivity contribution < 1.29 is 5.11 Å². The van der Waals surface area contributed by atoms with Gasteiger partial charge in [0, 0.05) is 23.3 Å². The second-order valence-electron chi connectivity index (χ2n) is 4.99.